The van der Waals surface area contributed by atoms with Gasteiger partial charge in [-0.05, 0) is 67.1 Å². The van der Waals surface area contributed by atoms with Crippen molar-refractivity contribution in [1.29, 1.82) is 0 Å². The molecule has 0 saturated heterocycles. The van der Waals surface area contributed by atoms with Gasteiger partial charge >= 0.3 is 5.76 Å². The minimum Gasteiger partial charge on any atom is -0.490 e. The second-order valence-corrected chi connectivity index (χ2v) is 11.2. The first kappa shape index (κ1) is 29.0. The second-order valence-electron chi connectivity index (χ2n) is 11.2. The number of carbonyl (C=O) groups excluding carboxylic acids is 1. The minimum atomic E-state index is -0.604. The molecule has 9 nitrogen and oxygen atoms in total. The molecule has 2 heterocycles. The van der Waals surface area contributed by atoms with E-state index in [9.17, 15) is 14.4 Å². The van der Waals surface area contributed by atoms with E-state index in [1.807, 2.05) is 79.7 Å². The number of aromatic amines is 1. The van der Waals surface area contributed by atoms with E-state index in [0.29, 0.717) is 48.7 Å². The van der Waals surface area contributed by atoms with Crippen LogP contribution in [0, 0.1) is 6.92 Å². The van der Waals surface area contributed by atoms with Crippen molar-refractivity contribution >= 4 is 5.78 Å². The molecule has 0 atom stereocenters. The highest BCUT2D eigenvalue weighted by Crippen LogP contribution is 2.30. The summed E-state index contributed by atoms with van der Waals surface area (Å²) in [6.07, 6.45) is 4.68. The molecule has 44 heavy (non-hydrogen) atoms. The van der Waals surface area contributed by atoms with Crippen LogP contribution in [0.3, 0.4) is 0 Å². The Morgan fingerprint density at radius 2 is 1.64 bits per heavy atom. The van der Waals surface area contributed by atoms with Gasteiger partial charge in [0.05, 0.1) is 17.5 Å². The van der Waals surface area contributed by atoms with E-state index >= 15 is 0 Å². The molecule has 0 amide bonds. The van der Waals surface area contributed by atoms with Crippen LogP contribution in [0.4, 0.5) is 0 Å². The zero-order valence-corrected chi connectivity index (χ0v) is 24.8. The molecule has 0 unspecified atom stereocenters. The third kappa shape index (κ3) is 6.17. The Morgan fingerprint density at radius 1 is 0.932 bits per heavy atom. The van der Waals surface area contributed by atoms with Gasteiger partial charge in [-0.2, -0.15) is 0 Å². The molecule has 0 spiro atoms. The number of carbonyl (C=O) groups is 1. The predicted octanol–water partition coefficient (Wildman–Crippen LogP) is 5.99. The Bertz CT molecular complexity index is 1890. The summed E-state index contributed by atoms with van der Waals surface area (Å²) in [7, 11) is 0. The molecule has 224 valence electrons. The number of ether oxygens (including phenoxy) is 1. The fourth-order valence-electron chi connectivity index (χ4n) is 5.83. The lowest BCUT2D eigenvalue weighted by Gasteiger charge is -2.22. The zero-order valence-electron chi connectivity index (χ0n) is 24.8. The van der Waals surface area contributed by atoms with Crippen LogP contribution in [0.1, 0.15) is 61.7 Å². The molecule has 6 rings (SSSR count). The third-order valence-corrected chi connectivity index (χ3v) is 8.07. The van der Waals surface area contributed by atoms with Crippen LogP contribution < -0.4 is 16.1 Å². The van der Waals surface area contributed by atoms with Crippen molar-refractivity contribution in [2.24, 2.45) is 0 Å². The first-order valence-corrected chi connectivity index (χ1v) is 15.0. The van der Waals surface area contributed by atoms with Crippen molar-refractivity contribution in [3.63, 3.8) is 0 Å². The lowest BCUT2D eigenvalue weighted by molar-refractivity contribution is -0.121. The third-order valence-electron chi connectivity index (χ3n) is 8.07. The molecule has 5 aromatic rings. The largest absolute Gasteiger partial charge is 0.490 e. The number of ketones is 1. The molecule has 0 aliphatic heterocycles. The maximum atomic E-state index is 14.0. The Balaban J connectivity index is 1.27. The summed E-state index contributed by atoms with van der Waals surface area (Å²) in [6, 6.07) is 23.2. The Kier molecular flexibility index (Phi) is 8.36. The first-order chi connectivity index (χ1) is 21.4. The van der Waals surface area contributed by atoms with Gasteiger partial charge in [0.2, 0.25) is 0 Å². The van der Waals surface area contributed by atoms with Crippen LogP contribution in [0.25, 0.3) is 28.2 Å². The summed E-state index contributed by atoms with van der Waals surface area (Å²) in [6.45, 7) is 3.95. The summed E-state index contributed by atoms with van der Waals surface area (Å²) in [5.41, 5.74) is 5.75. The van der Waals surface area contributed by atoms with Gasteiger partial charge in [-0.25, -0.2) is 9.78 Å². The number of hydrogen-bond donors (Lipinski definition) is 1. The number of nitrogens with one attached hydrogen (secondary N) is 1. The SMILES string of the molecule is CCCc1nc(C)n(-c2ccc(OC3CCC(=O)CC3)cc2)c(=O)c1Cc1ccc(-c2ccccc2-c2noc(=O)[nH]2)cc1. The molecule has 9 heteroatoms. The van der Waals surface area contributed by atoms with E-state index < -0.39 is 5.76 Å². The maximum absolute atomic E-state index is 14.0. The Morgan fingerprint density at radius 3 is 2.30 bits per heavy atom. The van der Waals surface area contributed by atoms with Crippen LogP contribution in [-0.2, 0) is 17.6 Å². The molecule has 1 fully saturated rings. The smallest absolute Gasteiger partial charge is 0.439 e. The molecule has 0 radical (unpaired) electrons. The summed E-state index contributed by atoms with van der Waals surface area (Å²) >= 11 is 0. The molecule has 1 N–H and O–H groups in total. The number of aryl methyl sites for hydroxylation is 2. The molecule has 3 aromatic carbocycles. The maximum Gasteiger partial charge on any atom is 0.439 e. The highest BCUT2D eigenvalue weighted by atomic mass is 16.5. The minimum absolute atomic E-state index is 0.0378. The van der Waals surface area contributed by atoms with Gasteiger partial charge in [0, 0.05) is 30.4 Å². The topological polar surface area (TPSA) is 120 Å². The average molecular weight is 591 g/mol. The van der Waals surface area contributed by atoms with E-state index in [1.54, 1.807) is 4.57 Å². The summed E-state index contributed by atoms with van der Waals surface area (Å²) in [5, 5.41) is 3.85. The van der Waals surface area contributed by atoms with Gasteiger partial charge in [-0.1, -0.05) is 67.0 Å². The van der Waals surface area contributed by atoms with E-state index in [4.69, 9.17) is 14.2 Å². The fraction of sp³-hybridized carbons (Fsp3) is 0.286. The highest BCUT2D eigenvalue weighted by Gasteiger charge is 2.21. The van der Waals surface area contributed by atoms with E-state index in [0.717, 1.165) is 58.6 Å². The van der Waals surface area contributed by atoms with E-state index in [1.165, 1.54) is 0 Å². The van der Waals surface area contributed by atoms with Crippen LogP contribution in [0.15, 0.2) is 86.9 Å². The van der Waals surface area contributed by atoms with Crippen molar-refractivity contribution in [2.45, 2.75) is 64.9 Å². The first-order valence-electron chi connectivity index (χ1n) is 15.0. The van der Waals surface area contributed by atoms with Crippen LogP contribution in [-0.4, -0.2) is 31.6 Å². The number of aromatic nitrogens is 4. The highest BCUT2D eigenvalue weighted by molar-refractivity contribution is 5.80. The summed E-state index contributed by atoms with van der Waals surface area (Å²) < 4.78 is 12.5. The van der Waals surface area contributed by atoms with Crippen molar-refractivity contribution < 1.29 is 14.1 Å². The molecule has 0 bridgehead atoms. The van der Waals surface area contributed by atoms with Crippen molar-refractivity contribution in [3.05, 3.63) is 116 Å². The number of nitrogens with zero attached hydrogens (tertiary/aromatic N) is 3. The van der Waals surface area contributed by atoms with Crippen molar-refractivity contribution in [1.82, 2.24) is 19.7 Å². The van der Waals surface area contributed by atoms with Gasteiger partial charge in [0.1, 0.15) is 17.4 Å². The normalized spacial score (nSPS) is 13.7. The number of rotatable bonds is 9. The number of benzene rings is 3. The molecule has 1 saturated carbocycles. The zero-order chi connectivity index (χ0) is 30.6. The van der Waals surface area contributed by atoms with Crippen LogP contribution in [0.5, 0.6) is 5.75 Å². The molecule has 1 aliphatic rings. The van der Waals surface area contributed by atoms with Gasteiger partial charge in [-0.15, -0.1) is 0 Å². The van der Waals surface area contributed by atoms with Crippen molar-refractivity contribution in [3.8, 4) is 34.0 Å². The van der Waals surface area contributed by atoms with Crippen LogP contribution >= 0.6 is 0 Å². The number of H-pyrrole nitrogens is 1. The van der Waals surface area contributed by atoms with Gasteiger partial charge in [0.15, 0.2) is 5.82 Å². The quantitative estimate of drug-likeness (QED) is 0.224. The Hall–Kier alpha value is -5.05. The van der Waals surface area contributed by atoms with Gasteiger partial charge in [0.25, 0.3) is 5.56 Å². The monoisotopic (exact) mass is 590 g/mol. The fourth-order valence-corrected chi connectivity index (χ4v) is 5.83. The van der Waals surface area contributed by atoms with Gasteiger partial charge < -0.3 is 4.74 Å². The number of Topliss-reactive ketones (excluding diaryl/α,β-unsaturated/α-hetero) is 1. The second kappa shape index (κ2) is 12.7. The average Bonchev–Trinajstić information content (AvgIpc) is 3.47. The lowest BCUT2D eigenvalue weighted by atomic mass is 9.96. The molecular weight excluding hydrogens is 556 g/mol. The summed E-state index contributed by atoms with van der Waals surface area (Å²) in [5.74, 6) is 1.43. The van der Waals surface area contributed by atoms with E-state index in [-0.39, 0.29) is 11.7 Å². The van der Waals surface area contributed by atoms with Crippen LogP contribution in [0.2, 0.25) is 0 Å². The Labute approximate surface area is 254 Å². The predicted molar refractivity (Wildman–Crippen MR) is 167 cm³/mol. The lowest BCUT2D eigenvalue weighted by Crippen LogP contribution is -2.28. The number of hydrogen-bond acceptors (Lipinski definition) is 7. The standard InChI is InChI=1S/C35H34N4O5/c1-3-6-32-31(21-23-9-11-24(12-10-23)29-7-4-5-8-30(29)33-37-35(42)44-38-33)34(41)39(22(2)36-32)25-13-17-27(18-14-25)43-28-19-15-26(40)16-20-28/h4-5,7-14,17-18,28H,3,6,15-16,19-21H2,1-2H3,(H,37,38,42). The van der Waals surface area contributed by atoms with E-state index in [2.05, 4.69) is 17.1 Å². The molecule has 1 aliphatic carbocycles. The molecule has 2 aromatic heterocycles. The van der Waals surface area contributed by atoms with Gasteiger partial charge in [-0.3, -0.25) is 23.7 Å². The summed E-state index contributed by atoms with van der Waals surface area (Å²) in [4.78, 5) is 44.6. The van der Waals surface area contributed by atoms with Crippen molar-refractivity contribution in [2.75, 3.05) is 0 Å². The molecular formula is C35H34N4O5.